The fraction of sp³-hybridized carbons (Fsp3) is 0.364. The van der Waals surface area contributed by atoms with Gasteiger partial charge in [-0.1, -0.05) is 35.9 Å². The van der Waals surface area contributed by atoms with Crippen LogP contribution in [-0.2, 0) is 11.3 Å². The number of rotatable bonds is 5. The topological polar surface area (TPSA) is 38.1 Å². The Bertz CT molecular complexity index is 916. The van der Waals surface area contributed by atoms with Crippen LogP contribution in [0.2, 0.25) is 0 Å². The van der Waals surface area contributed by atoms with Gasteiger partial charge in [-0.25, -0.2) is 4.98 Å². The molecular formula is C22H27N3O. The smallest absolute Gasteiger partial charge is 0.243 e. The molecule has 2 aromatic carbocycles. The van der Waals surface area contributed by atoms with Crippen LogP contribution in [0.4, 0.5) is 0 Å². The Hall–Kier alpha value is -2.62. The van der Waals surface area contributed by atoms with Crippen molar-refractivity contribution in [2.24, 2.45) is 0 Å². The van der Waals surface area contributed by atoms with Gasteiger partial charge in [-0.2, -0.15) is 0 Å². The Kier molecular flexibility index (Phi) is 5.12. The minimum atomic E-state index is 0.118. The van der Waals surface area contributed by atoms with Crippen molar-refractivity contribution in [2.75, 3.05) is 0 Å². The number of hydrogen-bond acceptors (Lipinski definition) is 2. The minimum Gasteiger partial charge on any atom is -0.336 e. The quantitative estimate of drug-likeness (QED) is 0.672. The molecular weight excluding hydrogens is 322 g/mol. The van der Waals surface area contributed by atoms with Gasteiger partial charge in [-0.15, -0.1) is 0 Å². The number of carbonyl (C=O) groups excluding carboxylic acids is 1. The molecule has 3 aromatic rings. The van der Waals surface area contributed by atoms with Crippen LogP contribution in [0.15, 0.2) is 48.5 Å². The van der Waals surface area contributed by atoms with Crippen LogP contribution in [0, 0.1) is 6.92 Å². The first-order valence-electron chi connectivity index (χ1n) is 9.22. The Labute approximate surface area is 155 Å². The first-order chi connectivity index (χ1) is 12.4. The molecule has 0 bridgehead atoms. The molecule has 0 fully saturated rings. The zero-order valence-electron chi connectivity index (χ0n) is 16.2. The molecule has 1 amide bonds. The third kappa shape index (κ3) is 3.50. The molecule has 0 spiro atoms. The van der Waals surface area contributed by atoms with Gasteiger partial charge in [0.05, 0.1) is 11.0 Å². The second-order valence-electron chi connectivity index (χ2n) is 7.37. The van der Waals surface area contributed by atoms with E-state index in [1.165, 1.54) is 5.56 Å². The van der Waals surface area contributed by atoms with E-state index in [0.717, 1.165) is 22.4 Å². The van der Waals surface area contributed by atoms with E-state index in [4.69, 9.17) is 4.98 Å². The lowest BCUT2D eigenvalue weighted by Gasteiger charge is -2.31. The SMILES string of the molecule is Cc1cccc(-c2nc3ccccc3n2CC(=O)N(C(C)C)C(C)C)c1. The number of carbonyl (C=O) groups is 1. The number of aryl methyl sites for hydroxylation is 1. The molecule has 26 heavy (non-hydrogen) atoms. The molecule has 4 nitrogen and oxygen atoms in total. The molecule has 0 aliphatic carbocycles. The van der Waals surface area contributed by atoms with Gasteiger partial charge in [0.2, 0.25) is 5.91 Å². The molecule has 0 atom stereocenters. The van der Waals surface area contributed by atoms with Crippen molar-refractivity contribution in [3.05, 3.63) is 54.1 Å². The summed E-state index contributed by atoms with van der Waals surface area (Å²) < 4.78 is 2.05. The number of nitrogens with zero attached hydrogens (tertiary/aromatic N) is 3. The van der Waals surface area contributed by atoms with Gasteiger partial charge >= 0.3 is 0 Å². The van der Waals surface area contributed by atoms with Crippen molar-refractivity contribution in [2.45, 2.75) is 53.2 Å². The molecule has 0 aliphatic heterocycles. The Balaban J connectivity index is 2.09. The Morgan fingerprint density at radius 1 is 1.04 bits per heavy atom. The zero-order chi connectivity index (χ0) is 18.8. The number of para-hydroxylation sites is 2. The third-order valence-electron chi connectivity index (χ3n) is 4.62. The molecule has 0 N–H and O–H groups in total. The van der Waals surface area contributed by atoms with Gasteiger partial charge in [0.25, 0.3) is 0 Å². The predicted octanol–water partition coefficient (Wildman–Crippen LogP) is 4.66. The lowest BCUT2D eigenvalue weighted by atomic mass is 10.1. The highest BCUT2D eigenvalue weighted by atomic mass is 16.2. The number of imidazole rings is 1. The molecule has 0 radical (unpaired) electrons. The number of benzene rings is 2. The summed E-state index contributed by atoms with van der Waals surface area (Å²) in [5.74, 6) is 0.961. The first-order valence-corrected chi connectivity index (χ1v) is 9.22. The van der Waals surface area contributed by atoms with E-state index >= 15 is 0 Å². The number of fused-ring (bicyclic) bond motifs is 1. The van der Waals surface area contributed by atoms with Gasteiger partial charge in [-0.3, -0.25) is 4.79 Å². The highest BCUT2D eigenvalue weighted by molar-refractivity contribution is 5.84. The summed E-state index contributed by atoms with van der Waals surface area (Å²) in [4.78, 5) is 19.8. The number of amides is 1. The van der Waals surface area contributed by atoms with E-state index in [2.05, 4.69) is 52.8 Å². The van der Waals surface area contributed by atoms with E-state index in [1.54, 1.807) is 0 Å². The maximum atomic E-state index is 13.1. The van der Waals surface area contributed by atoms with E-state index in [-0.39, 0.29) is 18.0 Å². The van der Waals surface area contributed by atoms with E-state index < -0.39 is 0 Å². The zero-order valence-corrected chi connectivity index (χ0v) is 16.2. The summed E-state index contributed by atoms with van der Waals surface area (Å²) in [5.41, 5.74) is 4.12. The molecule has 4 heteroatoms. The fourth-order valence-corrected chi connectivity index (χ4v) is 3.63. The molecule has 3 rings (SSSR count). The monoisotopic (exact) mass is 349 g/mol. The predicted molar refractivity (Wildman–Crippen MR) is 107 cm³/mol. The maximum absolute atomic E-state index is 13.1. The van der Waals surface area contributed by atoms with Gasteiger partial charge in [-0.05, 0) is 52.8 Å². The van der Waals surface area contributed by atoms with E-state index in [1.807, 2.05) is 39.8 Å². The summed E-state index contributed by atoms with van der Waals surface area (Å²) in [6.45, 7) is 10.6. The summed E-state index contributed by atoms with van der Waals surface area (Å²) in [5, 5.41) is 0. The molecule has 0 unspecified atom stereocenters. The van der Waals surface area contributed by atoms with Crippen molar-refractivity contribution < 1.29 is 4.79 Å². The molecule has 0 saturated carbocycles. The second-order valence-corrected chi connectivity index (χ2v) is 7.37. The lowest BCUT2D eigenvalue weighted by molar-refractivity contribution is -0.135. The number of aromatic nitrogens is 2. The lowest BCUT2D eigenvalue weighted by Crippen LogP contribution is -2.43. The van der Waals surface area contributed by atoms with Gasteiger partial charge in [0, 0.05) is 17.6 Å². The first kappa shape index (κ1) is 18.2. The van der Waals surface area contributed by atoms with E-state index in [0.29, 0.717) is 6.54 Å². The Morgan fingerprint density at radius 3 is 2.38 bits per heavy atom. The van der Waals surface area contributed by atoms with Crippen molar-refractivity contribution >= 4 is 16.9 Å². The molecule has 136 valence electrons. The highest BCUT2D eigenvalue weighted by Gasteiger charge is 2.23. The summed E-state index contributed by atoms with van der Waals surface area (Å²) in [6.07, 6.45) is 0. The van der Waals surface area contributed by atoms with Crippen LogP contribution in [0.25, 0.3) is 22.4 Å². The molecule has 0 aliphatic rings. The fourth-order valence-electron chi connectivity index (χ4n) is 3.63. The van der Waals surface area contributed by atoms with E-state index in [9.17, 15) is 4.79 Å². The Morgan fingerprint density at radius 2 is 1.73 bits per heavy atom. The van der Waals surface area contributed by atoms with Crippen molar-refractivity contribution in [1.29, 1.82) is 0 Å². The van der Waals surface area contributed by atoms with Gasteiger partial charge in [0.1, 0.15) is 12.4 Å². The number of hydrogen-bond donors (Lipinski definition) is 0. The average Bonchev–Trinajstić information content (AvgIpc) is 2.93. The van der Waals surface area contributed by atoms with Crippen LogP contribution in [0.1, 0.15) is 33.3 Å². The van der Waals surface area contributed by atoms with Crippen LogP contribution in [0.3, 0.4) is 0 Å². The normalized spacial score (nSPS) is 11.5. The van der Waals surface area contributed by atoms with Crippen molar-refractivity contribution in [3.63, 3.8) is 0 Å². The summed E-state index contributed by atoms with van der Waals surface area (Å²) in [7, 11) is 0. The molecule has 1 heterocycles. The average molecular weight is 349 g/mol. The highest BCUT2D eigenvalue weighted by Crippen LogP contribution is 2.26. The van der Waals surface area contributed by atoms with Crippen LogP contribution in [-0.4, -0.2) is 32.4 Å². The van der Waals surface area contributed by atoms with Gasteiger partial charge < -0.3 is 9.47 Å². The van der Waals surface area contributed by atoms with Crippen LogP contribution >= 0.6 is 0 Å². The molecule has 0 saturated heterocycles. The largest absolute Gasteiger partial charge is 0.336 e. The second kappa shape index (κ2) is 7.32. The maximum Gasteiger partial charge on any atom is 0.243 e. The van der Waals surface area contributed by atoms with Crippen LogP contribution in [0.5, 0.6) is 0 Å². The molecule has 1 aromatic heterocycles. The third-order valence-corrected chi connectivity index (χ3v) is 4.62. The van der Waals surface area contributed by atoms with Crippen molar-refractivity contribution in [3.8, 4) is 11.4 Å². The standard InChI is InChI=1S/C22H27N3O/c1-15(2)25(16(3)4)21(26)14-24-20-12-7-6-11-19(20)23-22(24)18-10-8-9-17(5)13-18/h6-13,15-16H,14H2,1-5H3. The summed E-state index contributed by atoms with van der Waals surface area (Å²) >= 11 is 0. The summed E-state index contributed by atoms with van der Waals surface area (Å²) in [6, 6.07) is 16.6. The van der Waals surface area contributed by atoms with Crippen molar-refractivity contribution in [1.82, 2.24) is 14.5 Å². The van der Waals surface area contributed by atoms with Gasteiger partial charge in [0.15, 0.2) is 0 Å². The minimum absolute atomic E-state index is 0.118. The van der Waals surface area contributed by atoms with Crippen LogP contribution < -0.4 is 0 Å².